The van der Waals surface area contributed by atoms with Gasteiger partial charge in [-0.05, 0) is 48.9 Å². The van der Waals surface area contributed by atoms with Gasteiger partial charge in [-0.2, -0.15) is 0 Å². The molecule has 0 spiro atoms. The molecule has 0 radical (unpaired) electrons. The van der Waals surface area contributed by atoms with Crippen molar-refractivity contribution in [2.24, 2.45) is 5.73 Å². The molecule has 4 N–H and O–H groups in total. The third-order valence-electron chi connectivity index (χ3n) is 3.82. The van der Waals surface area contributed by atoms with E-state index in [1.54, 1.807) is 30.3 Å². The molecule has 0 unspecified atom stereocenters. The Labute approximate surface area is 132 Å². The van der Waals surface area contributed by atoms with Gasteiger partial charge in [-0.15, -0.1) is 11.3 Å². The fraction of sp³-hybridized carbons (Fsp3) is 0.250. The Balaban J connectivity index is 1.67. The summed E-state index contributed by atoms with van der Waals surface area (Å²) in [6.45, 7) is 0. The summed E-state index contributed by atoms with van der Waals surface area (Å²) >= 11 is 1.38. The van der Waals surface area contributed by atoms with E-state index in [4.69, 9.17) is 5.73 Å². The first-order valence-corrected chi connectivity index (χ1v) is 8.00. The highest BCUT2D eigenvalue weighted by molar-refractivity contribution is 7.12. The zero-order valence-corrected chi connectivity index (χ0v) is 12.8. The van der Waals surface area contributed by atoms with Crippen molar-refractivity contribution < 1.29 is 9.59 Å². The van der Waals surface area contributed by atoms with Crippen molar-refractivity contribution in [2.45, 2.75) is 24.8 Å². The predicted octanol–water partition coefficient (Wildman–Crippen LogP) is 2.82. The Morgan fingerprint density at radius 1 is 1.09 bits per heavy atom. The SMILES string of the molecule is NC1(C(=O)Nc2cccc(NC(=O)c3cccs3)c2)CCC1. The average Bonchev–Trinajstić information content (AvgIpc) is 2.99. The smallest absolute Gasteiger partial charge is 0.265 e. The standard InChI is InChI=1S/C16H17N3O2S/c17-16(7-3-8-16)15(21)19-12-5-1-4-11(10-12)18-14(20)13-6-2-9-22-13/h1-2,4-6,9-10H,3,7-8,17H2,(H,18,20)(H,19,21). The highest BCUT2D eigenvalue weighted by atomic mass is 32.1. The predicted molar refractivity (Wildman–Crippen MR) is 88.1 cm³/mol. The lowest BCUT2D eigenvalue weighted by molar-refractivity contribution is -0.123. The molecule has 0 atom stereocenters. The van der Waals surface area contributed by atoms with Gasteiger partial charge in [-0.1, -0.05) is 12.1 Å². The molecule has 0 aliphatic heterocycles. The number of nitrogens with one attached hydrogen (secondary N) is 2. The Morgan fingerprint density at radius 3 is 2.41 bits per heavy atom. The van der Waals surface area contributed by atoms with Crippen molar-refractivity contribution in [3.8, 4) is 0 Å². The summed E-state index contributed by atoms with van der Waals surface area (Å²) in [5, 5.41) is 7.49. The molecule has 1 heterocycles. The molecule has 6 heteroatoms. The zero-order chi connectivity index (χ0) is 15.6. The lowest BCUT2D eigenvalue weighted by atomic mass is 9.77. The number of carbonyl (C=O) groups is 2. The van der Waals surface area contributed by atoms with Crippen LogP contribution < -0.4 is 16.4 Å². The van der Waals surface area contributed by atoms with Crippen LogP contribution in [0, 0.1) is 0 Å². The minimum atomic E-state index is -0.740. The van der Waals surface area contributed by atoms with Crippen LogP contribution in [0.2, 0.25) is 0 Å². The van der Waals surface area contributed by atoms with Gasteiger partial charge in [0.2, 0.25) is 5.91 Å². The molecule has 3 rings (SSSR count). The monoisotopic (exact) mass is 315 g/mol. The van der Waals surface area contributed by atoms with E-state index in [1.807, 2.05) is 11.4 Å². The minimum absolute atomic E-state index is 0.159. The Hall–Kier alpha value is -2.18. The maximum Gasteiger partial charge on any atom is 0.265 e. The Morgan fingerprint density at radius 2 is 1.82 bits per heavy atom. The summed E-state index contributed by atoms with van der Waals surface area (Å²) in [4.78, 5) is 24.8. The first kappa shape index (κ1) is 14.7. The average molecular weight is 315 g/mol. The number of anilines is 2. The van der Waals surface area contributed by atoms with Gasteiger partial charge in [0.15, 0.2) is 0 Å². The van der Waals surface area contributed by atoms with Gasteiger partial charge < -0.3 is 16.4 Å². The Bertz CT molecular complexity index is 693. The largest absolute Gasteiger partial charge is 0.324 e. The molecule has 2 aromatic rings. The summed E-state index contributed by atoms with van der Waals surface area (Å²) in [5.74, 6) is -0.326. The third-order valence-corrected chi connectivity index (χ3v) is 4.69. The van der Waals surface area contributed by atoms with Gasteiger partial charge in [-0.3, -0.25) is 9.59 Å². The number of nitrogens with two attached hydrogens (primary N) is 1. The zero-order valence-electron chi connectivity index (χ0n) is 12.0. The number of thiophene rings is 1. The molecule has 114 valence electrons. The van der Waals surface area contributed by atoms with Gasteiger partial charge in [0.25, 0.3) is 5.91 Å². The molecular weight excluding hydrogens is 298 g/mol. The number of amides is 2. The molecule has 2 amide bonds. The highest BCUT2D eigenvalue weighted by Crippen LogP contribution is 2.30. The van der Waals surface area contributed by atoms with E-state index < -0.39 is 5.54 Å². The van der Waals surface area contributed by atoms with Gasteiger partial charge in [0, 0.05) is 11.4 Å². The van der Waals surface area contributed by atoms with Crippen LogP contribution >= 0.6 is 11.3 Å². The fourth-order valence-corrected chi connectivity index (χ4v) is 2.93. The molecule has 5 nitrogen and oxygen atoms in total. The second-order valence-corrected chi connectivity index (χ2v) is 6.42. The van der Waals surface area contributed by atoms with Gasteiger partial charge in [-0.25, -0.2) is 0 Å². The molecular formula is C16H17N3O2S. The third kappa shape index (κ3) is 3.03. The van der Waals surface area contributed by atoms with Crippen LogP contribution in [0.15, 0.2) is 41.8 Å². The molecule has 1 aliphatic rings. The van der Waals surface area contributed by atoms with Crippen LogP contribution in [-0.2, 0) is 4.79 Å². The van der Waals surface area contributed by atoms with Crippen LogP contribution in [0.3, 0.4) is 0 Å². The lowest BCUT2D eigenvalue weighted by Crippen LogP contribution is -2.56. The van der Waals surface area contributed by atoms with Gasteiger partial charge in [0.1, 0.15) is 0 Å². The molecule has 1 fully saturated rings. The topological polar surface area (TPSA) is 84.2 Å². The van der Waals surface area contributed by atoms with Gasteiger partial charge in [0.05, 0.1) is 10.4 Å². The minimum Gasteiger partial charge on any atom is -0.324 e. The van der Waals surface area contributed by atoms with E-state index in [-0.39, 0.29) is 11.8 Å². The number of rotatable bonds is 4. The van der Waals surface area contributed by atoms with Crippen LogP contribution in [0.4, 0.5) is 11.4 Å². The first-order chi connectivity index (χ1) is 10.6. The van der Waals surface area contributed by atoms with Crippen LogP contribution in [0.25, 0.3) is 0 Å². The highest BCUT2D eigenvalue weighted by Gasteiger charge is 2.40. The summed E-state index contributed by atoms with van der Waals surface area (Å²) in [7, 11) is 0. The quantitative estimate of drug-likeness (QED) is 0.811. The molecule has 1 saturated carbocycles. The van der Waals surface area contributed by atoms with E-state index in [0.29, 0.717) is 29.1 Å². The van der Waals surface area contributed by atoms with E-state index in [9.17, 15) is 9.59 Å². The van der Waals surface area contributed by atoms with Crippen molar-refractivity contribution in [3.05, 3.63) is 46.7 Å². The van der Waals surface area contributed by atoms with E-state index in [1.165, 1.54) is 11.3 Å². The molecule has 1 aromatic heterocycles. The van der Waals surface area contributed by atoms with E-state index in [0.717, 1.165) is 6.42 Å². The van der Waals surface area contributed by atoms with Crippen molar-refractivity contribution in [3.63, 3.8) is 0 Å². The van der Waals surface area contributed by atoms with Crippen molar-refractivity contribution in [2.75, 3.05) is 10.6 Å². The van der Waals surface area contributed by atoms with Crippen molar-refractivity contribution in [1.29, 1.82) is 0 Å². The fourth-order valence-electron chi connectivity index (χ4n) is 2.32. The Kier molecular flexibility index (Phi) is 3.96. The number of carbonyl (C=O) groups excluding carboxylic acids is 2. The molecule has 1 aliphatic carbocycles. The summed E-state index contributed by atoms with van der Waals surface area (Å²) in [6, 6.07) is 10.7. The van der Waals surface area contributed by atoms with Crippen LogP contribution in [-0.4, -0.2) is 17.4 Å². The number of hydrogen-bond acceptors (Lipinski definition) is 4. The first-order valence-electron chi connectivity index (χ1n) is 7.12. The molecule has 0 bridgehead atoms. The maximum absolute atomic E-state index is 12.1. The van der Waals surface area contributed by atoms with Crippen LogP contribution in [0.1, 0.15) is 28.9 Å². The second kappa shape index (κ2) is 5.90. The number of benzene rings is 1. The van der Waals surface area contributed by atoms with Crippen LogP contribution in [0.5, 0.6) is 0 Å². The van der Waals surface area contributed by atoms with Gasteiger partial charge >= 0.3 is 0 Å². The van der Waals surface area contributed by atoms with E-state index in [2.05, 4.69) is 10.6 Å². The summed E-state index contributed by atoms with van der Waals surface area (Å²) in [6.07, 6.45) is 2.42. The molecule has 22 heavy (non-hydrogen) atoms. The second-order valence-electron chi connectivity index (χ2n) is 5.48. The molecule has 1 aromatic carbocycles. The summed E-state index contributed by atoms with van der Waals surface area (Å²) < 4.78 is 0. The normalized spacial score (nSPS) is 15.7. The lowest BCUT2D eigenvalue weighted by Gasteiger charge is -2.36. The maximum atomic E-state index is 12.1. The van der Waals surface area contributed by atoms with Crippen molar-refractivity contribution >= 4 is 34.5 Å². The number of hydrogen-bond donors (Lipinski definition) is 3. The molecule has 0 saturated heterocycles. The summed E-state index contributed by atoms with van der Waals surface area (Å²) in [5.41, 5.74) is 6.52. The van der Waals surface area contributed by atoms with E-state index >= 15 is 0 Å². The van der Waals surface area contributed by atoms with Crippen molar-refractivity contribution in [1.82, 2.24) is 0 Å².